The van der Waals surface area contributed by atoms with E-state index >= 15 is 0 Å². The number of carbonyl (C=O) groups excluding carboxylic acids is 2. The van der Waals surface area contributed by atoms with Gasteiger partial charge in [0.15, 0.2) is 0 Å². The van der Waals surface area contributed by atoms with Crippen LogP contribution in [0.5, 0.6) is 0 Å². The summed E-state index contributed by atoms with van der Waals surface area (Å²) < 4.78 is 5.73. The summed E-state index contributed by atoms with van der Waals surface area (Å²) in [6.45, 7) is 4.15. The molecule has 6 nitrogen and oxygen atoms in total. The van der Waals surface area contributed by atoms with Gasteiger partial charge in [0.2, 0.25) is 11.8 Å². The predicted molar refractivity (Wildman–Crippen MR) is 125 cm³/mol. The summed E-state index contributed by atoms with van der Waals surface area (Å²) in [4.78, 5) is 29.8. The number of aliphatic hydroxyl groups excluding tert-OH is 1. The Morgan fingerprint density at radius 3 is 2.53 bits per heavy atom. The van der Waals surface area contributed by atoms with Crippen LogP contribution in [-0.4, -0.2) is 64.6 Å². The zero-order valence-corrected chi connectivity index (χ0v) is 19.6. The van der Waals surface area contributed by atoms with Crippen LogP contribution in [-0.2, 0) is 20.9 Å². The van der Waals surface area contributed by atoms with Crippen molar-refractivity contribution in [3.8, 4) is 0 Å². The maximum atomic E-state index is 13.4. The quantitative estimate of drug-likeness (QED) is 0.496. The Kier molecular flexibility index (Phi) is 10.0. The monoisotopic (exact) mass is 444 g/mol. The number of benzene rings is 1. The number of nitrogens with zero attached hydrogens (tertiary/aromatic N) is 2. The molecule has 1 aromatic carbocycles. The highest BCUT2D eigenvalue weighted by Crippen LogP contribution is 2.27. The molecule has 32 heavy (non-hydrogen) atoms. The van der Waals surface area contributed by atoms with Gasteiger partial charge in [0, 0.05) is 19.5 Å². The summed E-state index contributed by atoms with van der Waals surface area (Å²) in [5.41, 5.74) is 1.06. The van der Waals surface area contributed by atoms with E-state index in [9.17, 15) is 14.7 Å². The summed E-state index contributed by atoms with van der Waals surface area (Å²) in [6.07, 6.45) is 8.64. The van der Waals surface area contributed by atoms with Crippen molar-refractivity contribution in [2.75, 3.05) is 19.7 Å². The van der Waals surface area contributed by atoms with Crippen molar-refractivity contribution in [1.29, 1.82) is 0 Å². The smallest absolute Gasteiger partial charge is 0.245 e. The van der Waals surface area contributed by atoms with Crippen LogP contribution in [0.1, 0.15) is 76.7 Å². The van der Waals surface area contributed by atoms with Crippen LogP contribution in [0.2, 0.25) is 0 Å². The van der Waals surface area contributed by atoms with Crippen LogP contribution >= 0.6 is 0 Å². The normalized spacial score (nSPS) is 21.8. The molecule has 0 bridgehead atoms. The van der Waals surface area contributed by atoms with Crippen LogP contribution in [0.4, 0.5) is 0 Å². The molecule has 0 aliphatic carbocycles. The number of hydrogen-bond donors (Lipinski definition) is 1. The fraction of sp³-hybridized carbons (Fsp3) is 0.692. The van der Waals surface area contributed by atoms with Gasteiger partial charge in [-0.2, -0.15) is 0 Å². The molecule has 3 rings (SSSR count). The third kappa shape index (κ3) is 6.79. The molecular formula is C26H40N2O4. The Bertz CT molecular complexity index is 711. The minimum atomic E-state index is -0.714. The molecule has 2 aliphatic rings. The van der Waals surface area contributed by atoms with Gasteiger partial charge in [-0.3, -0.25) is 9.59 Å². The molecule has 2 aliphatic heterocycles. The van der Waals surface area contributed by atoms with Crippen LogP contribution in [0.25, 0.3) is 0 Å². The van der Waals surface area contributed by atoms with Crippen molar-refractivity contribution < 1.29 is 19.4 Å². The first-order valence-corrected chi connectivity index (χ1v) is 12.5. The second-order valence-corrected chi connectivity index (χ2v) is 9.22. The molecule has 0 spiro atoms. The van der Waals surface area contributed by atoms with E-state index in [1.807, 2.05) is 35.2 Å². The minimum absolute atomic E-state index is 0.00597. The van der Waals surface area contributed by atoms with Gasteiger partial charge in [-0.25, -0.2) is 0 Å². The van der Waals surface area contributed by atoms with Crippen molar-refractivity contribution in [2.45, 2.75) is 95.9 Å². The number of carbonyl (C=O) groups is 2. The lowest BCUT2D eigenvalue weighted by molar-refractivity contribution is -0.146. The van der Waals surface area contributed by atoms with E-state index in [0.29, 0.717) is 26.1 Å². The van der Waals surface area contributed by atoms with E-state index < -0.39 is 6.10 Å². The standard InChI is InChI=1S/C26H40N2O4/c1-2-3-4-5-9-16-25(30)27-17-11-15-23(27)26(31)28-18-10-14-22(28)24(29)20-32-19-21-12-7-6-8-13-21/h6-8,12-13,22-24,29H,2-5,9-11,14-20H2,1H3/t22?,23-,24+/m0/s1. The van der Waals surface area contributed by atoms with E-state index in [4.69, 9.17) is 4.74 Å². The maximum Gasteiger partial charge on any atom is 0.245 e. The van der Waals surface area contributed by atoms with Crippen molar-refractivity contribution in [3.63, 3.8) is 0 Å². The summed E-state index contributed by atoms with van der Waals surface area (Å²) in [6, 6.07) is 9.28. The zero-order valence-electron chi connectivity index (χ0n) is 19.6. The molecule has 1 unspecified atom stereocenters. The maximum absolute atomic E-state index is 13.4. The molecule has 1 N–H and O–H groups in total. The van der Waals surface area contributed by atoms with Crippen molar-refractivity contribution in [2.24, 2.45) is 0 Å². The lowest BCUT2D eigenvalue weighted by Gasteiger charge is -2.33. The molecule has 2 fully saturated rings. The van der Waals surface area contributed by atoms with E-state index in [-0.39, 0.29) is 30.5 Å². The fourth-order valence-electron chi connectivity index (χ4n) is 4.99. The first kappa shape index (κ1) is 24.7. The van der Waals surface area contributed by atoms with Gasteiger partial charge >= 0.3 is 0 Å². The summed E-state index contributed by atoms with van der Waals surface area (Å²) in [7, 11) is 0. The molecule has 3 atom stereocenters. The molecule has 1 aromatic rings. The minimum Gasteiger partial charge on any atom is -0.389 e. The number of rotatable bonds is 12. The van der Waals surface area contributed by atoms with Gasteiger partial charge in [-0.1, -0.05) is 62.9 Å². The number of likely N-dealkylation sites (tertiary alicyclic amines) is 2. The topological polar surface area (TPSA) is 70.1 Å². The third-order valence-corrected chi connectivity index (χ3v) is 6.78. The number of ether oxygens (including phenoxy) is 1. The largest absolute Gasteiger partial charge is 0.389 e. The Labute approximate surface area is 192 Å². The van der Waals surface area contributed by atoms with E-state index in [1.165, 1.54) is 19.3 Å². The third-order valence-electron chi connectivity index (χ3n) is 6.78. The lowest BCUT2D eigenvalue weighted by Crippen LogP contribution is -2.52. The molecule has 0 aromatic heterocycles. The van der Waals surface area contributed by atoms with E-state index in [0.717, 1.165) is 44.1 Å². The van der Waals surface area contributed by atoms with Gasteiger partial charge in [0.25, 0.3) is 0 Å². The average molecular weight is 445 g/mol. The van der Waals surface area contributed by atoms with Crippen LogP contribution in [0.3, 0.4) is 0 Å². The van der Waals surface area contributed by atoms with Crippen LogP contribution in [0.15, 0.2) is 30.3 Å². The number of unbranched alkanes of at least 4 members (excludes halogenated alkanes) is 4. The summed E-state index contributed by atoms with van der Waals surface area (Å²) >= 11 is 0. The Morgan fingerprint density at radius 2 is 1.75 bits per heavy atom. The lowest BCUT2D eigenvalue weighted by atomic mass is 10.1. The molecule has 0 saturated carbocycles. The Balaban J connectivity index is 1.49. The highest BCUT2D eigenvalue weighted by Gasteiger charge is 2.41. The van der Waals surface area contributed by atoms with Gasteiger partial charge in [0.1, 0.15) is 6.04 Å². The first-order valence-electron chi connectivity index (χ1n) is 12.5. The Hall–Kier alpha value is -1.92. The molecule has 2 heterocycles. The zero-order chi connectivity index (χ0) is 22.8. The van der Waals surface area contributed by atoms with Crippen molar-refractivity contribution >= 4 is 11.8 Å². The van der Waals surface area contributed by atoms with Gasteiger partial charge in [-0.15, -0.1) is 0 Å². The Morgan fingerprint density at radius 1 is 1.03 bits per heavy atom. The molecular weight excluding hydrogens is 404 g/mol. The van der Waals surface area contributed by atoms with Gasteiger partial charge in [-0.05, 0) is 37.7 Å². The SMILES string of the molecule is CCCCCCCC(=O)N1CCC[C@H]1C(=O)N1CCCC1[C@H](O)COCc1ccccc1. The van der Waals surface area contributed by atoms with E-state index in [2.05, 4.69) is 6.92 Å². The first-order chi connectivity index (χ1) is 15.6. The predicted octanol–water partition coefficient (Wildman–Crippen LogP) is 3.91. The van der Waals surface area contributed by atoms with Crippen LogP contribution in [0, 0.1) is 0 Å². The number of amides is 2. The molecule has 2 saturated heterocycles. The molecule has 178 valence electrons. The van der Waals surface area contributed by atoms with Crippen molar-refractivity contribution in [1.82, 2.24) is 9.80 Å². The average Bonchev–Trinajstić information content (AvgIpc) is 3.49. The highest BCUT2D eigenvalue weighted by atomic mass is 16.5. The van der Waals surface area contributed by atoms with Gasteiger partial charge < -0.3 is 19.6 Å². The highest BCUT2D eigenvalue weighted by molar-refractivity contribution is 5.88. The summed E-state index contributed by atoms with van der Waals surface area (Å²) in [5, 5.41) is 10.8. The van der Waals surface area contributed by atoms with Crippen molar-refractivity contribution in [3.05, 3.63) is 35.9 Å². The summed E-state index contributed by atoms with van der Waals surface area (Å²) in [5.74, 6) is 0.117. The number of aliphatic hydroxyl groups is 1. The fourth-order valence-corrected chi connectivity index (χ4v) is 4.99. The van der Waals surface area contributed by atoms with Crippen LogP contribution < -0.4 is 0 Å². The molecule has 6 heteroatoms. The second kappa shape index (κ2) is 12.9. The van der Waals surface area contributed by atoms with E-state index in [1.54, 1.807) is 4.90 Å². The molecule has 0 radical (unpaired) electrons. The second-order valence-electron chi connectivity index (χ2n) is 9.22. The number of hydrogen-bond acceptors (Lipinski definition) is 4. The molecule has 2 amide bonds. The van der Waals surface area contributed by atoms with Gasteiger partial charge in [0.05, 0.1) is 25.4 Å².